The van der Waals surface area contributed by atoms with Gasteiger partial charge in [-0.1, -0.05) is 12.8 Å². The van der Waals surface area contributed by atoms with Gasteiger partial charge in [-0.25, -0.2) is 0 Å². The SMILES string of the molecule is Cc1nn(C)c(C)c1NC(=O)[C@H](C)OC(=O)CCN1C(=O)[C@H]2CCCC[C@@H]2C1=O. The van der Waals surface area contributed by atoms with E-state index in [1.54, 1.807) is 18.7 Å². The average molecular weight is 404 g/mol. The molecule has 9 heteroatoms. The first kappa shape index (κ1) is 21.0. The Morgan fingerprint density at radius 1 is 1.17 bits per heavy atom. The number of rotatable bonds is 6. The van der Waals surface area contributed by atoms with Crippen LogP contribution in [-0.2, 0) is 31.0 Å². The number of amides is 3. The minimum absolute atomic E-state index is 0.00133. The summed E-state index contributed by atoms with van der Waals surface area (Å²) in [7, 11) is 1.78. The number of hydrogen-bond acceptors (Lipinski definition) is 6. The van der Waals surface area contributed by atoms with E-state index < -0.39 is 18.0 Å². The average Bonchev–Trinajstić information content (AvgIpc) is 3.07. The Labute approximate surface area is 169 Å². The molecule has 1 saturated heterocycles. The Bertz CT molecular complexity index is 822. The lowest BCUT2D eigenvalue weighted by atomic mass is 9.81. The predicted octanol–water partition coefficient (Wildman–Crippen LogP) is 1.47. The molecule has 1 aliphatic heterocycles. The quantitative estimate of drug-likeness (QED) is 0.568. The molecule has 158 valence electrons. The molecule has 1 aromatic rings. The molecule has 1 saturated carbocycles. The Kier molecular flexibility index (Phi) is 6.04. The Morgan fingerprint density at radius 2 is 1.76 bits per heavy atom. The summed E-state index contributed by atoms with van der Waals surface area (Å²) in [6.45, 7) is 5.09. The van der Waals surface area contributed by atoms with Gasteiger partial charge < -0.3 is 10.1 Å². The summed E-state index contributed by atoms with van der Waals surface area (Å²) < 4.78 is 6.85. The minimum atomic E-state index is -1.01. The van der Waals surface area contributed by atoms with Gasteiger partial charge in [-0.15, -0.1) is 0 Å². The summed E-state index contributed by atoms with van der Waals surface area (Å²) in [6.07, 6.45) is 2.26. The molecule has 3 amide bonds. The van der Waals surface area contributed by atoms with Crippen LogP contribution in [-0.4, -0.2) is 51.0 Å². The monoisotopic (exact) mass is 404 g/mol. The smallest absolute Gasteiger partial charge is 0.308 e. The molecule has 0 radical (unpaired) electrons. The highest BCUT2D eigenvalue weighted by Gasteiger charge is 2.47. The van der Waals surface area contributed by atoms with Crippen molar-refractivity contribution >= 4 is 29.4 Å². The van der Waals surface area contributed by atoms with Gasteiger partial charge in [0.05, 0.1) is 35.3 Å². The van der Waals surface area contributed by atoms with E-state index in [4.69, 9.17) is 4.74 Å². The van der Waals surface area contributed by atoms with Crippen molar-refractivity contribution in [3.63, 3.8) is 0 Å². The maximum atomic E-state index is 12.4. The van der Waals surface area contributed by atoms with Crippen molar-refractivity contribution in [2.45, 2.75) is 59.0 Å². The number of esters is 1. The van der Waals surface area contributed by atoms with Crippen LogP contribution >= 0.6 is 0 Å². The molecule has 2 fully saturated rings. The number of hydrogen-bond donors (Lipinski definition) is 1. The fourth-order valence-corrected chi connectivity index (χ4v) is 4.14. The van der Waals surface area contributed by atoms with Gasteiger partial charge in [0.1, 0.15) is 0 Å². The van der Waals surface area contributed by atoms with Crippen molar-refractivity contribution in [3.8, 4) is 0 Å². The van der Waals surface area contributed by atoms with Gasteiger partial charge in [0, 0.05) is 13.6 Å². The summed E-state index contributed by atoms with van der Waals surface area (Å²) in [5.74, 6) is -1.91. The highest BCUT2D eigenvalue weighted by molar-refractivity contribution is 6.05. The summed E-state index contributed by atoms with van der Waals surface area (Å²) in [5, 5.41) is 6.96. The van der Waals surface area contributed by atoms with Crippen LogP contribution in [0, 0.1) is 25.7 Å². The largest absolute Gasteiger partial charge is 0.452 e. The van der Waals surface area contributed by atoms with Crippen LogP contribution in [0.1, 0.15) is 50.4 Å². The van der Waals surface area contributed by atoms with Crippen molar-refractivity contribution in [1.82, 2.24) is 14.7 Å². The first-order valence-electron chi connectivity index (χ1n) is 10.1. The van der Waals surface area contributed by atoms with E-state index in [9.17, 15) is 19.2 Å². The Hall–Kier alpha value is -2.71. The molecule has 2 heterocycles. The number of fused-ring (bicyclic) bond motifs is 1. The molecule has 9 nitrogen and oxygen atoms in total. The van der Waals surface area contributed by atoms with Gasteiger partial charge >= 0.3 is 5.97 Å². The fourth-order valence-electron chi connectivity index (χ4n) is 4.14. The third-order valence-corrected chi connectivity index (χ3v) is 5.91. The van der Waals surface area contributed by atoms with E-state index in [-0.39, 0.29) is 36.6 Å². The van der Waals surface area contributed by atoms with Crippen LogP contribution in [0.4, 0.5) is 5.69 Å². The summed E-state index contributed by atoms with van der Waals surface area (Å²) in [5.41, 5.74) is 2.06. The first-order valence-corrected chi connectivity index (χ1v) is 10.1. The van der Waals surface area contributed by atoms with Crippen LogP contribution in [0.25, 0.3) is 0 Å². The zero-order valence-corrected chi connectivity index (χ0v) is 17.4. The molecular formula is C20H28N4O5. The highest BCUT2D eigenvalue weighted by Crippen LogP contribution is 2.38. The molecule has 0 aromatic carbocycles. The van der Waals surface area contributed by atoms with E-state index in [1.807, 2.05) is 6.92 Å². The van der Waals surface area contributed by atoms with E-state index >= 15 is 0 Å². The molecule has 0 unspecified atom stereocenters. The summed E-state index contributed by atoms with van der Waals surface area (Å²) >= 11 is 0. The topological polar surface area (TPSA) is 111 Å². The van der Waals surface area contributed by atoms with E-state index in [0.29, 0.717) is 11.4 Å². The number of nitrogens with one attached hydrogen (secondary N) is 1. The summed E-state index contributed by atoms with van der Waals surface area (Å²) in [4.78, 5) is 50.6. The fraction of sp³-hybridized carbons (Fsp3) is 0.650. The van der Waals surface area contributed by atoms with Gasteiger partial charge in [-0.2, -0.15) is 5.10 Å². The molecule has 2 aliphatic rings. The number of aromatic nitrogens is 2. The van der Waals surface area contributed by atoms with Crippen molar-refractivity contribution in [2.24, 2.45) is 18.9 Å². The maximum absolute atomic E-state index is 12.4. The molecule has 1 N–H and O–H groups in total. The normalized spacial score (nSPS) is 22.4. The van der Waals surface area contributed by atoms with Crippen LogP contribution in [0.15, 0.2) is 0 Å². The molecule has 1 aliphatic carbocycles. The number of aryl methyl sites for hydroxylation is 2. The van der Waals surface area contributed by atoms with Crippen LogP contribution in [0.5, 0.6) is 0 Å². The lowest BCUT2D eigenvalue weighted by Gasteiger charge is -2.19. The lowest BCUT2D eigenvalue weighted by molar-refractivity contribution is -0.154. The standard InChI is InChI=1S/C20H28N4O5/c1-11-17(12(2)23(4)22-11)21-18(26)13(3)29-16(25)9-10-24-19(27)14-7-5-6-8-15(14)20(24)28/h13-15H,5-10H2,1-4H3,(H,21,26)/t13-,14-,15-/m0/s1. The second-order valence-electron chi connectivity index (χ2n) is 7.87. The first-order chi connectivity index (χ1) is 13.7. The number of carbonyl (C=O) groups is 4. The van der Waals surface area contributed by atoms with Crippen LogP contribution in [0.2, 0.25) is 0 Å². The van der Waals surface area contributed by atoms with Gasteiger partial charge in [0.15, 0.2) is 6.10 Å². The second kappa shape index (κ2) is 8.34. The third-order valence-electron chi connectivity index (χ3n) is 5.91. The highest BCUT2D eigenvalue weighted by atomic mass is 16.5. The van der Waals surface area contributed by atoms with Crippen molar-refractivity contribution < 1.29 is 23.9 Å². The molecule has 0 spiro atoms. The molecular weight excluding hydrogens is 376 g/mol. The van der Waals surface area contributed by atoms with Crippen LogP contribution < -0.4 is 5.32 Å². The third kappa shape index (κ3) is 4.18. The molecule has 0 bridgehead atoms. The van der Waals surface area contributed by atoms with Crippen molar-refractivity contribution in [2.75, 3.05) is 11.9 Å². The second-order valence-corrected chi connectivity index (χ2v) is 7.87. The number of carbonyl (C=O) groups excluding carboxylic acids is 4. The summed E-state index contributed by atoms with van der Waals surface area (Å²) in [6, 6.07) is 0. The van der Waals surface area contributed by atoms with E-state index in [1.165, 1.54) is 11.8 Å². The zero-order valence-electron chi connectivity index (χ0n) is 17.4. The Balaban J connectivity index is 1.50. The number of ether oxygens (including phenoxy) is 1. The Morgan fingerprint density at radius 3 is 2.28 bits per heavy atom. The molecule has 29 heavy (non-hydrogen) atoms. The lowest BCUT2D eigenvalue weighted by Crippen LogP contribution is -2.35. The van der Waals surface area contributed by atoms with Gasteiger partial charge in [-0.05, 0) is 33.6 Å². The zero-order chi connectivity index (χ0) is 21.3. The van der Waals surface area contributed by atoms with Crippen molar-refractivity contribution in [3.05, 3.63) is 11.4 Å². The van der Waals surface area contributed by atoms with E-state index in [2.05, 4.69) is 10.4 Å². The van der Waals surface area contributed by atoms with Gasteiger partial charge in [0.25, 0.3) is 5.91 Å². The number of likely N-dealkylation sites (tertiary alicyclic amines) is 1. The van der Waals surface area contributed by atoms with Gasteiger partial charge in [-0.3, -0.25) is 28.8 Å². The van der Waals surface area contributed by atoms with E-state index in [0.717, 1.165) is 31.4 Å². The minimum Gasteiger partial charge on any atom is -0.452 e. The molecule has 1 aromatic heterocycles. The maximum Gasteiger partial charge on any atom is 0.308 e. The number of anilines is 1. The van der Waals surface area contributed by atoms with Gasteiger partial charge in [0.2, 0.25) is 11.8 Å². The van der Waals surface area contributed by atoms with Crippen molar-refractivity contribution in [1.29, 1.82) is 0 Å². The number of nitrogens with zero attached hydrogens (tertiary/aromatic N) is 3. The van der Waals surface area contributed by atoms with Crippen LogP contribution in [0.3, 0.4) is 0 Å². The predicted molar refractivity (Wildman–Crippen MR) is 104 cm³/mol. The molecule has 3 atom stereocenters. The number of imide groups is 1. The molecule has 3 rings (SSSR count).